The summed E-state index contributed by atoms with van der Waals surface area (Å²) >= 11 is 3.33. The Morgan fingerprint density at radius 3 is 2.26 bits per heavy atom. The van der Waals surface area contributed by atoms with E-state index in [2.05, 4.69) is 21.2 Å². The Balaban J connectivity index is 2.04. The van der Waals surface area contributed by atoms with Crippen LogP contribution in [0.5, 0.6) is 5.75 Å². The van der Waals surface area contributed by atoms with Crippen LogP contribution in [-0.4, -0.2) is 51.4 Å². The summed E-state index contributed by atoms with van der Waals surface area (Å²) in [4.78, 5) is 27.8. The van der Waals surface area contributed by atoms with Crippen LogP contribution < -0.4 is 14.4 Å². The quantitative estimate of drug-likeness (QED) is 0.337. The first-order chi connectivity index (χ1) is 18.5. The summed E-state index contributed by atoms with van der Waals surface area (Å²) < 4.78 is 48.0. The molecule has 1 N–H and O–H groups in total. The van der Waals surface area contributed by atoms with E-state index in [4.69, 9.17) is 4.74 Å². The topological polar surface area (TPSA) is 96.0 Å². The number of carbonyl (C=O) groups excluding carboxylic acids is 2. The smallest absolute Gasteiger partial charge is 0.264 e. The lowest BCUT2D eigenvalue weighted by atomic mass is 10.1. The van der Waals surface area contributed by atoms with Crippen molar-refractivity contribution in [3.63, 3.8) is 0 Å². The molecule has 11 heteroatoms. The molecule has 0 aliphatic rings. The van der Waals surface area contributed by atoms with Gasteiger partial charge >= 0.3 is 0 Å². The van der Waals surface area contributed by atoms with Crippen molar-refractivity contribution in [2.24, 2.45) is 0 Å². The van der Waals surface area contributed by atoms with Gasteiger partial charge in [0.15, 0.2) is 0 Å². The van der Waals surface area contributed by atoms with Gasteiger partial charge in [0.2, 0.25) is 11.8 Å². The molecule has 3 aromatic carbocycles. The lowest BCUT2D eigenvalue weighted by molar-refractivity contribution is -0.139. The van der Waals surface area contributed by atoms with Gasteiger partial charge in [0.25, 0.3) is 10.0 Å². The monoisotopic (exact) mass is 619 g/mol. The van der Waals surface area contributed by atoms with E-state index in [-0.39, 0.29) is 17.1 Å². The molecule has 3 aromatic rings. The Bertz CT molecular complexity index is 1420. The van der Waals surface area contributed by atoms with Crippen molar-refractivity contribution in [2.75, 3.05) is 24.5 Å². The van der Waals surface area contributed by atoms with Gasteiger partial charge in [-0.1, -0.05) is 29.8 Å². The van der Waals surface area contributed by atoms with E-state index in [1.807, 2.05) is 6.92 Å². The number of rotatable bonds is 11. The number of nitrogens with one attached hydrogen (secondary N) is 1. The van der Waals surface area contributed by atoms with Gasteiger partial charge in [-0.05, 0) is 84.7 Å². The van der Waals surface area contributed by atoms with Crippen LogP contribution in [-0.2, 0) is 26.2 Å². The predicted molar refractivity (Wildman–Crippen MR) is 152 cm³/mol. The third-order valence-electron chi connectivity index (χ3n) is 6.10. The second-order valence-electron chi connectivity index (χ2n) is 8.86. The molecule has 0 spiro atoms. The van der Waals surface area contributed by atoms with Crippen LogP contribution >= 0.6 is 15.9 Å². The number of hydrogen-bond donors (Lipinski definition) is 1. The Hall–Kier alpha value is -3.44. The van der Waals surface area contributed by atoms with Crippen LogP contribution in [0.15, 0.2) is 76.1 Å². The fraction of sp³-hybridized carbons (Fsp3) is 0.286. The van der Waals surface area contributed by atoms with Crippen molar-refractivity contribution in [3.05, 3.63) is 88.1 Å². The van der Waals surface area contributed by atoms with Gasteiger partial charge in [-0.25, -0.2) is 12.8 Å². The van der Waals surface area contributed by atoms with Crippen LogP contribution in [0, 0.1) is 12.7 Å². The van der Waals surface area contributed by atoms with E-state index in [0.29, 0.717) is 22.3 Å². The van der Waals surface area contributed by atoms with Gasteiger partial charge < -0.3 is 15.0 Å². The minimum Gasteiger partial charge on any atom is -0.496 e. The SMILES string of the molecule is CCNC(=O)[C@@H](C)N(Cc1ccc(F)cc1)C(=O)CN(c1ccc(C)cc1)S(=O)(=O)c1ccc(OC)c(Br)c1. The molecule has 8 nitrogen and oxygen atoms in total. The second-order valence-corrected chi connectivity index (χ2v) is 11.6. The van der Waals surface area contributed by atoms with Gasteiger partial charge in [-0.2, -0.15) is 0 Å². The van der Waals surface area contributed by atoms with Crippen molar-refractivity contribution < 1.29 is 27.1 Å². The van der Waals surface area contributed by atoms with Gasteiger partial charge in [0.1, 0.15) is 24.2 Å². The molecule has 3 rings (SSSR count). The molecule has 0 aliphatic carbocycles. The fourth-order valence-electron chi connectivity index (χ4n) is 3.87. The van der Waals surface area contributed by atoms with Gasteiger partial charge in [-0.15, -0.1) is 0 Å². The van der Waals surface area contributed by atoms with E-state index in [0.717, 1.165) is 9.87 Å². The average Bonchev–Trinajstić information content (AvgIpc) is 2.91. The number of benzene rings is 3. The second kappa shape index (κ2) is 13.1. The number of aryl methyl sites for hydroxylation is 1. The molecular weight excluding hydrogens is 589 g/mol. The maximum Gasteiger partial charge on any atom is 0.264 e. The van der Waals surface area contributed by atoms with E-state index < -0.39 is 40.2 Å². The standard InChI is InChI=1S/C28H31BrFN3O5S/c1-5-31-28(35)20(3)32(17-21-8-10-22(30)11-9-21)27(34)18-33(23-12-6-19(2)7-13-23)39(36,37)24-14-15-26(38-4)25(29)16-24/h6-16,20H,5,17-18H2,1-4H3,(H,31,35)/t20-/m1/s1. The molecule has 0 fully saturated rings. The maximum atomic E-state index is 13.9. The Morgan fingerprint density at radius 2 is 1.69 bits per heavy atom. The average molecular weight is 621 g/mol. The summed E-state index contributed by atoms with van der Waals surface area (Å²) in [5.41, 5.74) is 1.79. The summed E-state index contributed by atoms with van der Waals surface area (Å²) in [5, 5.41) is 2.70. The molecule has 1 atom stereocenters. The summed E-state index contributed by atoms with van der Waals surface area (Å²) in [6.07, 6.45) is 0. The van der Waals surface area contributed by atoms with E-state index >= 15 is 0 Å². The molecule has 0 radical (unpaired) electrons. The number of amides is 2. The predicted octanol–water partition coefficient (Wildman–Crippen LogP) is 4.65. The Labute approximate surface area is 236 Å². The molecule has 0 unspecified atom stereocenters. The zero-order valence-electron chi connectivity index (χ0n) is 22.1. The minimum atomic E-state index is -4.23. The van der Waals surface area contributed by atoms with Crippen molar-refractivity contribution in [1.82, 2.24) is 10.2 Å². The normalized spacial score (nSPS) is 11.9. The molecule has 0 aliphatic heterocycles. The van der Waals surface area contributed by atoms with E-state index in [1.165, 1.54) is 54.5 Å². The number of anilines is 1. The Morgan fingerprint density at radius 1 is 1.05 bits per heavy atom. The van der Waals surface area contributed by atoms with Gasteiger partial charge in [0, 0.05) is 13.1 Å². The van der Waals surface area contributed by atoms with Crippen LogP contribution in [0.25, 0.3) is 0 Å². The number of halogens is 2. The first-order valence-electron chi connectivity index (χ1n) is 12.2. The van der Waals surface area contributed by atoms with Gasteiger partial charge in [-0.3, -0.25) is 13.9 Å². The molecule has 2 amide bonds. The van der Waals surface area contributed by atoms with Crippen molar-refractivity contribution >= 4 is 43.5 Å². The largest absolute Gasteiger partial charge is 0.496 e. The molecule has 0 bridgehead atoms. The Kier molecular flexibility index (Phi) is 10.1. The van der Waals surface area contributed by atoms with Crippen LogP contribution in [0.2, 0.25) is 0 Å². The van der Waals surface area contributed by atoms with E-state index in [1.54, 1.807) is 38.1 Å². The number of hydrogen-bond acceptors (Lipinski definition) is 5. The number of nitrogens with zero attached hydrogens (tertiary/aromatic N) is 2. The van der Waals surface area contributed by atoms with E-state index in [9.17, 15) is 22.4 Å². The molecule has 0 heterocycles. The van der Waals surface area contributed by atoms with Crippen LogP contribution in [0.1, 0.15) is 25.0 Å². The fourth-order valence-corrected chi connectivity index (χ4v) is 6.00. The van der Waals surface area contributed by atoms with Crippen LogP contribution in [0.4, 0.5) is 10.1 Å². The number of ether oxygens (including phenoxy) is 1. The molecular formula is C28H31BrFN3O5S. The summed E-state index contributed by atoms with van der Waals surface area (Å²) in [6, 6.07) is 15.7. The number of carbonyl (C=O) groups is 2. The highest BCUT2D eigenvalue weighted by atomic mass is 79.9. The summed E-state index contributed by atoms with van der Waals surface area (Å²) in [6.45, 7) is 4.96. The summed E-state index contributed by atoms with van der Waals surface area (Å²) in [7, 11) is -2.76. The number of likely N-dealkylation sites (N-methyl/N-ethyl adjacent to an activating group) is 1. The lowest BCUT2D eigenvalue weighted by Gasteiger charge is -2.32. The highest BCUT2D eigenvalue weighted by molar-refractivity contribution is 9.10. The van der Waals surface area contributed by atoms with Gasteiger partial charge in [0.05, 0.1) is 22.2 Å². The third-order valence-corrected chi connectivity index (χ3v) is 8.49. The van der Waals surface area contributed by atoms with Crippen LogP contribution in [0.3, 0.4) is 0 Å². The zero-order chi connectivity index (χ0) is 28.7. The zero-order valence-corrected chi connectivity index (χ0v) is 24.6. The van der Waals surface area contributed by atoms with Crippen molar-refractivity contribution in [3.8, 4) is 5.75 Å². The molecule has 0 aromatic heterocycles. The highest BCUT2D eigenvalue weighted by Crippen LogP contribution is 2.31. The number of methoxy groups -OCH3 is 1. The number of sulfonamides is 1. The first-order valence-corrected chi connectivity index (χ1v) is 14.5. The lowest BCUT2D eigenvalue weighted by Crippen LogP contribution is -2.51. The maximum absolute atomic E-state index is 13.9. The molecule has 208 valence electrons. The molecule has 39 heavy (non-hydrogen) atoms. The molecule has 0 saturated heterocycles. The molecule has 0 saturated carbocycles. The van der Waals surface area contributed by atoms with Crippen molar-refractivity contribution in [1.29, 1.82) is 0 Å². The third kappa shape index (κ3) is 7.36. The minimum absolute atomic E-state index is 0.0206. The summed E-state index contributed by atoms with van der Waals surface area (Å²) in [5.74, 6) is -0.976. The first kappa shape index (κ1) is 30.1. The van der Waals surface area contributed by atoms with Crippen molar-refractivity contribution in [2.45, 2.75) is 38.3 Å². The highest BCUT2D eigenvalue weighted by Gasteiger charge is 2.32.